The lowest BCUT2D eigenvalue weighted by Crippen LogP contribution is -2.10. The van der Waals surface area contributed by atoms with Crippen molar-refractivity contribution in [2.45, 2.75) is 6.92 Å². The van der Waals surface area contributed by atoms with Crippen LogP contribution in [-0.2, 0) is 0 Å². The molecule has 2 aromatic heterocycles. The maximum atomic E-state index is 12.6. The van der Waals surface area contributed by atoms with Gasteiger partial charge in [-0.15, -0.1) is 11.3 Å². The van der Waals surface area contributed by atoms with Crippen molar-refractivity contribution in [3.8, 4) is 16.3 Å². The molecule has 4 aromatic rings. The second-order valence-electron chi connectivity index (χ2n) is 5.81. The summed E-state index contributed by atoms with van der Waals surface area (Å²) in [6.07, 6.45) is 1.60. The minimum atomic E-state index is -0.195. The van der Waals surface area contributed by atoms with Gasteiger partial charge in [0.15, 0.2) is 4.77 Å². The fourth-order valence-corrected chi connectivity index (χ4v) is 3.79. The van der Waals surface area contributed by atoms with E-state index in [2.05, 4.69) is 20.5 Å². The first kappa shape index (κ1) is 17.3. The van der Waals surface area contributed by atoms with Crippen LogP contribution < -0.4 is 5.32 Å². The monoisotopic (exact) mass is 393 g/mol. The van der Waals surface area contributed by atoms with E-state index in [1.807, 2.05) is 66.1 Å². The number of aromatic amines is 1. The lowest BCUT2D eigenvalue weighted by atomic mass is 10.2. The third-order valence-electron chi connectivity index (χ3n) is 3.95. The number of hydrogen-bond donors (Lipinski definition) is 2. The molecule has 0 radical (unpaired) electrons. The van der Waals surface area contributed by atoms with Crippen LogP contribution in [0.3, 0.4) is 0 Å². The number of hydrogen-bond acceptors (Lipinski definition) is 5. The molecule has 2 heterocycles. The molecule has 0 aliphatic rings. The highest BCUT2D eigenvalue weighted by molar-refractivity contribution is 7.71. The van der Waals surface area contributed by atoms with Gasteiger partial charge in [-0.2, -0.15) is 5.10 Å². The number of carbonyl (C=O) groups excluding carboxylic acids is 1. The molecule has 0 saturated heterocycles. The Morgan fingerprint density at radius 2 is 2.00 bits per heavy atom. The van der Waals surface area contributed by atoms with Gasteiger partial charge in [-0.1, -0.05) is 36.4 Å². The Hall–Kier alpha value is -3.10. The van der Waals surface area contributed by atoms with E-state index in [4.69, 9.17) is 12.2 Å². The number of nitrogens with one attached hydrogen (secondary N) is 2. The summed E-state index contributed by atoms with van der Waals surface area (Å²) in [5, 5.41) is 10.6. The van der Waals surface area contributed by atoms with Gasteiger partial charge in [0.1, 0.15) is 15.7 Å². The van der Waals surface area contributed by atoms with Gasteiger partial charge in [-0.05, 0) is 37.3 Å². The zero-order valence-corrected chi connectivity index (χ0v) is 16.0. The molecule has 0 atom stereocenters. The molecule has 0 spiro atoms. The number of carbonyl (C=O) groups is 1. The Labute approximate surface area is 164 Å². The largest absolute Gasteiger partial charge is 0.321 e. The van der Waals surface area contributed by atoms with Gasteiger partial charge in [-0.3, -0.25) is 14.5 Å². The minimum absolute atomic E-state index is 0.195. The van der Waals surface area contributed by atoms with Gasteiger partial charge >= 0.3 is 0 Å². The van der Waals surface area contributed by atoms with Crippen LogP contribution in [-0.4, -0.2) is 25.7 Å². The molecule has 27 heavy (non-hydrogen) atoms. The molecule has 0 aliphatic heterocycles. The first-order chi connectivity index (χ1) is 13.1. The summed E-state index contributed by atoms with van der Waals surface area (Å²) in [4.78, 5) is 17.5. The predicted octanol–water partition coefficient (Wildman–Crippen LogP) is 4.61. The van der Waals surface area contributed by atoms with Crippen molar-refractivity contribution in [2.24, 2.45) is 0 Å². The van der Waals surface area contributed by atoms with Gasteiger partial charge in [0.25, 0.3) is 5.91 Å². The third-order valence-corrected chi connectivity index (χ3v) is 5.27. The summed E-state index contributed by atoms with van der Waals surface area (Å²) in [6.45, 7) is 1.86. The Kier molecular flexibility index (Phi) is 4.66. The van der Waals surface area contributed by atoms with Crippen molar-refractivity contribution in [2.75, 3.05) is 5.32 Å². The molecule has 0 bridgehead atoms. The molecule has 0 unspecified atom stereocenters. The zero-order chi connectivity index (χ0) is 18.8. The Morgan fingerprint density at radius 3 is 2.74 bits per heavy atom. The lowest BCUT2D eigenvalue weighted by Gasteiger charge is -2.08. The van der Waals surface area contributed by atoms with Crippen molar-refractivity contribution in [1.29, 1.82) is 0 Å². The van der Waals surface area contributed by atoms with Gasteiger partial charge in [0.2, 0.25) is 0 Å². The molecule has 6 nitrogen and oxygen atoms in total. The highest BCUT2D eigenvalue weighted by Gasteiger charge is 2.13. The molecule has 0 fully saturated rings. The standard InChI is InChI=1S/C19H15N5OS2/c1-12-22-23-19(26)24(12)15-9-5-8-14(10-15)21-17(25)16-11-20-18(27-16)13-6-3-2-4-7-13/h2-11H,1H3,(H,21,25)(H,23,26). The van der Waals surface area contributed by atoms with Crippen LogP contribution in [0.4, 0.5) is 5.69 Å². The van der Waals surface area contributed by atoms with Crippen LogP contribution >= 0.6 is 23.6 Å². The second kappa shape index (κ2) is 7.26. The number of amides is 1. The van der Waals surface area contributed by atoms with Crippen molar-refractivity contribution >= 4 is 35.1 Å². The highest BCUT2D eigenvalue weighted by Crippen LogP contribution is 2.25. The molecule has 134 valence electrons. The quantitative estimate of drug-likeness (QED) is 0.496. The van der Waals surface area contributed by atoms with Crippen molar-refractivity contribution in [3.05, 3.63) is 76.3 Å². The summed E-state index contributed by atoms with van der Waals surface area (Å²) >= 11 is 6.62. The van der Waals surface area contributed by atoms with Crippen LogP contribution in [0.1, 0.15) is 15.5 Å². The maximum absolute atomic E-state index is 12.6. The molecule has 8 heteroatoms. The van der Waals surface area contributed by atoms with Gasteiger partial charge < -0.3 is 5.32 Å². The predicted molar refractivity (Wildman–Crippen MR) is 109 cm³/mol. The van der Waals surface area contributed by atoms with Crippen molar-refractivity contribution in [3.63, 3.8) is 0 Å². The fraction of sp³-hybridized carbons (Fsp3) is 0.0526. The lowest BCUT2D eigenvalue weighted by molar-refractivity contribution is 0.103. The van der Waals surface area contributed by atoms with Gasteiger partial charge in [0, 0.05) is 11.3 Å². The van der Waals surface area contributed by atoms with Crippen LogP contribution in [0.15, 0.2) is 60.8 Å². The minimum Gasteiger partial charge on any atom is -0.321 e. The highest BCUT2D eigenvalue weighted by atomic mass is 32.1. The zero-order valence-electron chi connectivity index (χ0n) is 14.3. The molecular formula is C19H15N5OS2. The van der Waals surface area contributed by atoms with E-state index in [-0.39, 0.29) is 5.91 Å². The van der Waals surface area contributed by atoms with E-state index >= 15 is 0 Å². The van der Waals surface area contributed by atoms with Crippen LogP contribution in [0.25, 0.3) is 16.3 Å². The average Bonchev–Trinajstić information content (AvgIpc) is 3.30. The maximum Gasteiger partial charge on any atom is 0.267 e. The van der Waals surface area contributed by atoms with E-state index in [0.29, 0.717) is 15.3 Å². The number of H-pyrrole nitrogens is 1. The van der Waals surface area contributed by atoms with E-state index in [9.17, 15) is 4.79 Å². The SMILES string of the molecule is Cc1n[nH]c(=S)n1-c1cccc(NC(=O)c2cnc(-c3ccccc3)s2)c1. The number of anilines is 1. The normalized spacial score (nSPS) is 10.7. The second-order valence-corrected chi connectivity index (χ2v) is 7.23. The third kappa shape index (κ3) is 3.57. The summed E-state index contributed by atoms with van der Waals surface area (Å²) in [5.74, 6) is 0.553. The van der Waals surface area contributed by atoms with Gasteiger partial charge in [-0.25, -0.2) is 4.98 Å². The molecule has 0 saturated carbocycles. The number of thiazole rings is 1. The van der Waals surface area contributed by atoms with E-state index in [1.54, 1.807) is 6.20 Å². The van der Waals surface area contributed by atoms with Crippen LogP contribution in [0.2, 0.25) is 0 Å². The van der Waals surface area contributed by atoms with Crippen LogP contribution in [0.5, 0.6) is 0 Å². The molecule has 4 rings (SSSR count). The Bertz CT molecular complexity index is 1160. The summed E-state index contributed by atoms with van der Waals surface area (Å²) in [7, 11) is 0. The Balaban J connectivity index is 1.56. The number of rotatable bonds is 4. The average molecular weight is 393 g/mol. The number of aromatic nitrogens is 4. The van der Waals surface area contributed by atoms with Crippen molar-refractivity contribution < 1.29 is 4.79 Å². The summed E-state index contributed by atoms with van der Waals surface area (Å²) in [6, 6.07) is 17.3. The first-order valence-corrected chi connectivity index (χ1v) is 9.41. The fourth-order valence-electron chi connectivity index (χ4n) is 2.69. The first-order valence-electron chi connectivity index (χ1n) is 8.19. The molecule has 2 aromatic carbocycles. The number of aryl methyl sites for hydroxylation is 1. The molecule has 0 aliphatic carbocycles. The smallest absolute Gasteiger partial charge is 0.267 e. The summed E-state index contributed by atoms with van der Waals surface area (Å²) < 4.78 is 2.32. The van der Waals surface area contributed by atoms with Crippen LogP contribution in [0, 0.1) is 11.7 Å². The van der Waals surface area contributed by atoms with Gasteiger partial charge in [0.05, 0.1) is 11.9 Å². The van der Waals surface area contributed by atoms with E-state index < -0.39 is 0 Å². The number of benzene rings is 2. The van der Waals surface area contributed by atoms with Crippen molar-refractivity contribution in [1.82, 2.24) is 19.7 Å². The van der Waals surface area contributed by atoms with E-state index in [1.165, 1.54) is 11.3 Å². The number of nitrogens with zero attached hydrogens (tertiary/aromatic N) is 3. The topological polar surface area (TPSA) is 75.6 Å². The summed E-state index contributed by atoms with van der Waals surface area (Å²) in [5.41, 5.74) is 2.50. The molecular weight excluding hydrogens is 378 g/mol. The molecule has 1 amide bonds. The van der Waals surface area contributed by atoms with E-state index in [0.717, 1.165) is 22.1 Å². The molecule has 2 N–H and O–H groups in total. The Morgan fingerprint density at radius 1 is 1.19 bits per heavy atom.